The van der Waals surface area contributed by atoms with Gasteiger partial charge in [-0.2, -0.15) is 5.10 Å². The van der Waals surface area contributed by atoms with Gasteiger partial charge in [0.2, 0.25) is 0 Å². The van der Waals surface area contributed by atoms with Crippen LogP contribution in [0.25, 0.3) is 28.1 Å². The first kappa shape index (κ1) is 22.9. The van der Waals surface area contributed by atoms with E-state index in [-0.39, 0.29) is 17.3 Å². The highest BCUT2D eigenvalue weighted by Gasteiger charge is 2.33. The number of rotatable bonds is 5. The molecule has 1 atom stereocenters. The Morgan fingerprint density at radius 3 is 2.71 bits per heavy atom. The van der Waals surface area contributed by atoms with Crippen LogP contribution in [0.4, 0.5) is 0 Å². The first-order valence-corrected chi connectivity index (χ1v) is 12.3. The maximum Gasteiger partial charge on any atom is 0.150 e. The molecular weight excluding hydrogens is 424 g/mol. The second-order valence-electron chi connectivity index (χ2n) is 10.8. The van der Waals surface area contributed by atoms with E-state index in [1.54, 1.807) is 7.11 Å². The summed E-state index contributed by atoms with van der Waals surface area (Å²) in [4.78, 5) is 0. The second-order valence-corrected chi connectivity index (χ2v) is 10.8. The van der Waals surface area contributed by atoms with Crippen molar-refractivity contribution < 1.29 is 9.47 Å². The summed E-state index contributed by atoms with van der Waals surface area (Å²) in [6, 6.07) is 10.7. The van der Waals surface area contributed by atoms with Crippen molar-refractivity contribution in [3.63, 3.8) is 0 Å². The topological polar surface area (TPSA) is 53.2 Å². The first-order chi connectivity index (χ1) is 16.2. The Morgan fingerprint density at radius 2 is 1.97 bits per heavy atom. The van der Waals surface area contributed by atoms with Gasteiger partial charge >= 0.3 is 0 Å². The summed E-state index contributed by atoms with van der Waals surface area (Å²) in [6.07, 6.45) is 12.8. The van der Waals surface area contributed by atoms with E-state index in [2.05, 4.69) is 91.5 Å². The SMILES string of the molecule is COc1cc(-c2cnn(C3CCCCO3)c2)ccc1-c1cccn1C1=CC(C)(C)NC(C)(C)C1. The number of aromatic nitrogens is 3. The third-order valence-corrected chi connectivity index (χ3v) is 6.73. The van der Waals surface area contributed by atoms with E-state index < -0.39 is 0 Å². The summed E-state index contributed by atoms with van der Waals surface area (Å²) >= 11 is 0. The summed E-state index contributed by atoms with van der Waals surface area (Å²) in [5.74, 6) is 0.854. The van der Waals surface area contributed by atoms with Crippen LogP contribution in [-0.2, 0) is 4.74 Å². The summed E-state index contributed by atoms with van der Waals surface area (Å²) in [7, 11) is 1.74. The van der Waals surface area contributed by atoms with Crippen molar-refractivity contribution in [3.05, 3.63) is 55.0 Å². The van der Waals surface area contributed by atoms with Crippen LogP contribution in [0, 0.1) is 0 Å². The molecule has 2 aliphatic heterocycles. The predicted octanol–water partition coefficient (Wildman–Crippen LogP) is 6.12. The number of hydrogen-bond acceptors (Lipinski definition) is 4. The quantitative estimate of drug-likeness (QED) is 0.499. The van der Waals surface area contributed by atoms with Crippen LogP contribution >= 0.6 is 0 Å². The van der Waals surface area contributed by atoms with E-state index >= 15 is 0 Å². The van der Waals surface area contributed by atoms with Crippen LogP contribution in [0.15, 0.2) is 55.0 Å². The van der Waals surface area contributed by atoms with Crippen molar-refractivity contribution in [1.29, 1.82) is 0 Å². The molecule has 2 aliphatic rings. The minimum atomic E-state index is -0.0746. The van der Waals surface area contributed by atoms with Crippen molar-refractivity contribution in [2.24, 2.45) is 0 Å². The van der Waals surface area contributed by atoms with Gasteiger partial charge in [-0.25, -0.2) is 4.68 Å². The Hall–Kier alpha value is -2.83. The van der Waals surface area contributed by atoms with Crippen molar-refractivity contribution in [3.8, 4) is 28.1 Å². The lowest BCUT2D eigenvalue weighted by Crippen LogP contribution is -2.54. The van der Waals surface area contributed by atoms with Crippen LogP contribution in [0.3, 0.4) is 0 Å². The van der Waals surface area contributed by atoms with Gasteiger partial charge in [-0.3, -0.25) is 0 Å². The van der Waals surface area contributed by atoms with Gasteiger partial charge in [0.25, 0.3) is 0 Å². The van der Waals surface area contributed by atoms with Crippen LogP contribution in [0.5, 0.6) is 5.75 Å². The van der Waals surface area contributed by atoms with Crippen LogP contribution in [0.2, 0.25) is 0 Å². The minimum absolute atomic E-state index is 0.0191. The average Bonchev–Trinajstić information content (AvgIpc) is 3.47. The van der Waals surface area contributed by atoms with E-state index in [0.29, 0.717) is 0 Å². The molecule has 0 saturated carbocycles. The highest BCUT2D eigenvalue weighted by atomic mass is 16.5. The van der Waals surface area contributed by atoms with Crippen molar-refractivity contribution in [1.82, 2.24) is 19.7 Å². The van der Waals surface area contributed by atoms with E-state index in [4.69, 9.17) is 9.47 Å². The summed E-state index contributed by atoms with van der Waals surface area (Å²) < 4.78 is 16.0. The molecule has 6 heteroatoms. The third-order valence-electron chi connectivity index (χ3n) is 6.73. The highest BCUT2D eigenvalue weighted by molar-refractivity contribution is 5.77. The Labute approximate surface area is 202 Å². The fraction of sp³-hybridized carbons (Fsp3) is 0.464. The molecule has 2 aromatic heterocycles. The lowest BCUT2D eigenvalue weighted by atomic mass is 9.86. The zero-order valence-corrected chi connectivity index (χ0v) is 21.0. The molecule has 0 aliphatic carbocycles. The first-order valence-electron chi connectivity index (χ1n) is 12.3. The molecule has 1 saturated heterocycles. The second kappa shape index (κ2) is 8.75. The van der Waals surface area contributed by atoms with E-state index in [1.165, 1.54) is 12.1 Å². The zero-order chi connectivity index (χ0) is 23.9. The van der Waals surface area contributed by atoms with Crippen LogP contribution < -0.4 is 10.1 Å². The Morgan fingerprint density at radius 1 is 1.12 bits per heavy atom. The number of methoxy groups -OCH3 is 1. The van der Waals surface area contributed by atoms with Crippen LogP contribution in [-0.4, -0.2) is 39.1 Å². The van der Waals surface area contributed by atoms with E-state index in [1.807, 2.05) is 10.9 Å². The molecule has 1 unspecified atom stereocenters. The van der Waals surface area contributed by atoms with Gasteiger partial charge in [-0.1, -0.05) is 6.07 Å². The fourth-order valence-electron chi connectivity index (χ4n) is 5.54. The van der Waals surface area contributed by atoms with Gasteiger partial charge < -0.3 is 19.4 Å². The molecule has 0 bridgehead atoms. The molecule has 1 fully saturated rings. The van der Waals surface area contributed by atoms with E-state index in [0.717, 1.165) is 54.0 Å². The summed E-state index contributed by atoms with van der Waals surface area (Å²) in [6.45, 7) is 9.79. The molecule has 3 aromatic rings. The Bertz CT molecular complexity index is 1190. The van der Waals surface area contributed by atoms with Gasteiger partial charge in [-0.05, 0) is 82.9 Å². The van der Waals surface area contributed by atoms with Gasteiger partial charge in [0.05, 0.1) is 19.0 Å². The molecule has 180 valence electrons. The largest absolute Gasteiger partial charge is 0.496 e. The molecule has 1 aromatic carbocycles. The lowest BCUT2D eigenvalue weighted by molar-refractivity contribution is -0.0394. The number of ether oxygens (including phenoxy) is 2. The number of nitrogens with one attached hydrogen (secondary N) is 1. The molecule has 4 heterocycles. The molecule has 1 N–H and O–H groups in total. The standard InChI is InChI=1S/C28H36N4O2/c1-27(2)16-22(17-28(3,4)30-27)31-13-8-9-24(31)23-12-11-20(15-25(23)33-5)21-18-29-32(19-21)26-10-6-7-14-34-26/h8-9,11-13,15-16,18-19,26,30H,6-7,10,14,17H2,1-5H3. The Balaban J connectivity index is 1.48. The van der Waals surface area contributed by atoms with Gasteiger partial charge in [0.15, 0.2) is 0 Å². The summed E-state index contributed by atoms with van der Waals surface area (Å²) in [5, 5.41) is 8.31. The smallest absolute Gasteiger partial charge is 0.150 e. The lowest BCUT2D eigenvalue weighted by Gasteiger charge is -2.41. The molecule has 0 radical (unpaired) electrons. The van der Waals surface area contributed by atoms with Crippen molar-refractivity contribution >= 4 is 5.70 Å². The highest BCUT2D eigenvalue weighted by Crippen LogP contribution is 2.38. The fourth-order valence-corrected chi connectivity index (χ4v) is 5.54. The van der Waals surface area contributed by atoms with Gasteiger partial charge in [-0.15, -0.1) is 0 Å². The molecule has 0 spiro atoms. The minimum Gasteiger partial charge on any atom is -0.496 e. The summed E-state index contributed by atoms with van der Waals surface area (Å²) in [5.41, 5.74) is 5.61. The van der Waals surface area contributed by atoms with Gasteiger partial charge in [0, 0.05) is 53.3 Å². The molecule has 0 amide bonds. The Kier molecular flexibility index (Phi) is 5.90. The predicted molar refractivity (Wildman–Crippen MR) is 137 cm³/mol. The number of nitrogens with zero attached hydrogens (tertiary/aromatic N) is 3. The maximum absolute atomic E-state index is 5.89. The maximum atomic E-state index is 5.89. The van der Waals surface area contributed by atoms with Crippen molar-refractivity contribution in [2.75, 3.05) is 13.7 Å². The van der Waals surface area contributed by atoms with Crippen molar-refractivity contribution in [2.45, 2.75) is 70.7 Å². The molecule has 6 nitrogen and oxygen atoms in total. The normalized spacial score (nSPS) is 21.8. The average molecular weight is 461 g/mol. The third kappa shape index (κ3) is 4.57. The number of benzene rings is 1. The molecule has 34 heavy (non-hydrogen) atoms. The monoisotopic (exact) mass is 460 g/mol. The van der Waals surface area contributed by atoms with Crippen LogP contribution in [0.1, 0.15) is 59.6 Å². The van der Waals surface area contributed by atoms with E-state index in [9.17, 15) is 0 Å². The number of hydrogen-bond donors (Lipinski definition) is 1. The van der Waals surface area contributed by atoms with Gasteiger partial charge in [0.1, 0.15) is 12.0 Å². The zero-order valence-electron chi connectivity index (χ0n) is 21.0. The molecular formula is C28H36N4O2. The molecule has 5 rings (SSSR count).